The molecule has 0 amide bonds. The number of rotatable bonds is 4. The molecule has 0 heterocycles. The first-order valence-electron chi connectivity index (χ1n) is 5.67. The standard InChI is InChI=1S/C14H16OSe/c1-2-11-15-13-9-6-10-14(13)16-12-7-4-3-5-8-12/h1,3-5,7-8,13-14H,6,9-11H2. The fourth-order valence-electron chi connectivity index (χ4n) is 2.05. The topological polar surface area (TPSA) is 9.23 Å². The second-order valence-electron chi connectivity index (χ2n) is 3.95. The van der Waals surface area contributed by atoms with E-state index in [-0.39, 0.29) is 0 Å². The predicted molar refractivity (Wildman–Crippen MR) is 68.0 cm³/mol. The van der Waals surface area contributed by atoms with Crippen molar-refractivity contribution < 1.29 is 4.74 Å². The summed E-state index contributed by atoms with van der Waals surface area (Å²) >= 11 is 0.525. The van der Waals surface area contributed by atoms with Crippen molar-refractivity contribution in [3.63, 3.8) is 0 Å². The van der Waals surface area contributed by atoms with Crippen LogP contribution in [0.15, 0.2) is 30.3 Å². The molecule has 0 aliphatic heterocycles. The molecule has 0 bridgehead atoms. The zero-order valence-corrected chi connectivity index (χ0v) is 11.0. The van der Waals surface area contributed by atoms with E-state index < -0.39 is 0 Å². The summed E-state index contributed by atoms with van der Waals surface area (Å²) in [5, 5.41) is 0. The number of hydrogen-bond donors (Lipinski definition) is 0. The van der Waals surface area contributed by atoms with E-state index in [0.717, 1.165) is 0 Å². The van der Waals surface area contributed by atoms with E-state index in [4.69, 9.17) is 11.2 Å². The van der Waals surface area contributed by atoms with Crippen LogP contribution < -0.4 is 4.46 Å². The molecule has 2 atom stereocenters. The Kier molecular flexibility index (Phi) is 4.48. The molecule has 1 nitrogen and oxygen atoms in total. The molecule has 84 valence electrons. The molecule has 16 heavy (non-hydrogen) atoms. The molecule has 0 N–H and O–H groups in total. The van der Waals surface area contributed by atoms with Crippen LogP contribution in [-0.4, -0.2) is 27.7 Å². The minimum absolute atomic E-state index is 0.399. The van der Waals surface area contributed by atoms with E-state index in [1.54, 1.807) is 0 Å². The van der Waals surface area contributed by atoms with Crippen LogP contribution in [0.4, 0.5) is 0 Å². The van der Waals surface area contributed by atoms with Crippen molar-refractivity contribution in [2.24, 2.45) is 0 Å². The first-order chi connectivity index (χ1) is 7.90. The maximum absolute atomic E-state index is 5.72. The Morgan fingerprint density at radius 2 is 2.12 bits per heavy atom. The number of hydrogen-bond acceptors (Lipinski definition) is 1. The monoisotopic (exact) mass is 280 g/mol. The molecule has 0 saturated heterocycles. The third-order valence-electron chi connectivity index (χ3n) is 2.80. The van der Waals surface area contributed by atoms with Crippen LogP contribution in [-0.2, 0) is 4.74 Å². The number of benzene rings is 1. The molecule has 1 aliphatic carbocycles. The van der Waals surface area contributed by atoms with Gasteiger partial charge in [-0.25, -0.2) is 0 Å². The summed E-state index contributed by atoms with van der Waals surface area (Å²) in [5.74, 6) is 2.56. The fraction of sp³-hybridized carbons (Fsp3) is 0.429. The van der Waals surface area contributed by atoms with Crippen LogP contribution in [0.3, 0.4) is 0 Å². The third kappa shape index (κ3) is 3.12. The van der Waals surface area contributed by atoms with Crippen molar-refractivity contribution in [2.45, 2.75) is 30.2 Å². The van der Waals surface area contributed by atoms with Crippen LogP contribution in [0.5, 0.6) is 0 Å². The summed E-state index contributed by atoms with van der Waals surface area (Å²) in [7, 11) is 0. The molecular weight excluding hydrogens is 263 g/mol. The molecule has 2 heteroatoms. The van der Waals surface area contributed by atoms with Gasteiger partial charge in [-0.15, -0.1) is 0 Å². The molecule has 0 aromatic heterocycles. The average molecular weight is 279 g/mol. The second kappa shape index (κ2) is 6.11. The van der Waals surface area contributed by atoms with Gasteiger partial charge in [0, 0.05) is 0 Å². The molecule has 0 spiro atoms. The second-order valence-corrected chi connectivity index (χ2v) is 6.71. The van der Waals surface area contributed by atoms with Gasteiger partial charge in [0.25, 0.3) is 0 Å². The van der Waals surface area contributed by atoms with Crippen LogP contribution >= 0.6 is 0 Å². The van der Waals surface area contributed by atoms with Gasteiger partial charge in [0.05, 0.1) is 0 Å². The normalized spacial score (nSPS) is 24.2. The van der Waals surface area contributed by atoms with Gasteiger partial charge in [-0.05, 0) is 0 Å². The van der Waals surface area contributed by atoms with Gasteiger partial charge >= 0.3 is 104 Å². The molecule has 2 rings (SSSR count). The summed E-state index contributed by atoms with van der Waals surface area (Å²) in [5.41, 5.74) is 0. The predicted octanol–water partition coefficient (Wildman–Crippen LogP) is 2.01. The number of ether oxygens (including phenoxy) is 1. The van der Waals surface area contributed by atoms with E-state index in [9.17, 15) is 0 Å². The van der Waals surface area contributed by atoms with Crippen molar-refractivity contribution in [3.05, 3.63) is 30.3 Å². The van der Waals surface area contributed by atoms with Crippen LogP contribution in [0, 0.1) is 12.3 Å². The number of terminal acetylenes is 1. The first kappa shape index (κ1) is 11.7. The zero-order valence-electron chi connectivity index (χ0n) is 9.26. The van der Waals surface area contributed by atoms with Crippen molar-refractivity contribution in [3.8, 4) is 12.3 Å². The summed E-state index contributed by atoms with van der Waals surface area (Å²) in [6.45, 7) is 0.464. The van der Waals surface area contributed by atoms with E-state index in [1.807, 2.05) is 0 Å². The van der Waals surface area contributed by atoms with Gasteiger partial charge in [0.2, 0.25) is 0 Å². The fourth-order valence-corrected chi connectivity index (χ4v) is 4.81. The Labute approximate surface area is 104 Å². The molecule has 1 aromatic rings. The van der Waals surface area contributed by atoms with E-state index in [2.05, 4.69) is 36.3 Å². The Hall–Kier alpha value is -0.741. The minimum atomic E-state index is 0.399. The zero-order chi connectivity index (χ0) is 11.2. The molecule has 2 unspecified atom stereocenters. The maximum atomic E-state index is 5.72. The Bertz CT molecular complexity index is 355. The van der Waals surface area contributed by atoms with Crippen molar-refractivity contribution in [2.75, 3.05) is 6.61 Å². The third-order valence-corrected chi connectivity index (χ3v) is 5.71. The van der Waals surface area contributed by atoms with Crippen molar-refractivity contribution in [1.29, 1.82) is 0 Å². The van der Waals surface area contributed by atoms with Gasteiger partial charge in [-0.1, -0.05) is 0 Å². The molecule has 1 fully saturated rings. The average Bonchev–Trinajstić information content (AvgIpc) is 2.75. The SMILES string of the molecule is C#CCOC1CCCC1[Se]c1ccccc1. The molecular formula is C14H16OSe. The first-order valence-corrected chi connectivity index (χ1v) is 7.51. The Balaban J connectivity index is 1.91. The summed E-state index contributed by atoms with van der Waals surface area (Å²) in [4.78, 5) is 0.711. The van der Waals surface area contributed by atoms with Crippen LogP contribution in [0.2, 0.25) is 4.82 Å². The quantitative estimate of drug-likeness (QED) is 0.605. The van der Waals surface area contributed by atoms with E-state index in [0.29, 0.717) is 32.5 Å². The summed E-state index contributed by atoms with van der Waals surface area (Å²) in [6.07, 6.45) is 9.40. The van der Waals surface area contributed by atoms with Gasteiger partial charge in [0.1, 0.15) is 0 Å². The Morgan fingerprint density at radius 3 is 2.88 bits per heavy atom. The summed E-state index contributed by atoms with van der Waals surface area (Å²) in [6, 6.07) is 10.7. The molecule has 0 radical (unpaired) electrons. The molecule has 1 aliphatic rings. The van der Waals surface area contributed by atoms with E-state index >= 15 is 0 Å². The van der Waals surface area contributed by atoms with Gasteiger partial charge in [-0.3, -0.25) is 0 Å². The van der Waals surface area contributed by atoms with Crippen LogP contribution in [0.1, 0.15) is 19.3 Å². The molecule has 1 saturated carbocycles. The van der Waals surface area contributed by atoms with Crippen molar-refractivity contribution >= 4 is 19.4 Å². The van der Waals surface area contributed by atoms with Crippen LogP contribution in [0.25, 0.3) is 0 Å². The summed E-state index contributed by atoms with van der Waals surface area (Å²) < 4.78 is 7.19. The van der Waals surface area contributed by atoms with Gasteiger partial charge in [-0.2, -0.15) is 0 Å². The van der Waals surface area contributed by atoms with Gasteiger partial charge < -0.3 is 0 Å². The van der Waals surface area contributed by atoms with Crippen molar-refractivity contribution in [1.82, 2.24) is 0 Å². The van der Waals surface area contributed by atoms with Gasteiger partial charge in [0.15, 0.2) is 0 Å². The van der Waals surface area contributed by atoms with E-state index in [1.165, 1.54) is 23.7 Å². The molecule has 1 aromatic carbocycles. The Morgan fingerprint density at radius 1 is 1.31 bits per heavy atom.